The van der Waals surface area contributed by atoms with Crippen molar-refractivity contribution in [3.05, 3.63) is 47.0 Å². The van der Waals surface area contributed by atoms with Crippen LogP contribution in [0.4, 0.5) is 0 Å². The lowest BCUT2D eigenvalue weighted by Crippen LogP contribution is -2.15. The second kappa shape index (κ2) is 7.74. The van der Waals surface area contributed by atoms with Crippen LogP contribution in [0.15, 0.2) is 30.4 Å². The summed E-state index contributed by atoms with van der Waals surface area (Å²) in [6.45, 7) is 4.36. The Bertz CT molecular complexity index is 642. The number of carbonyl (C=O) groups is 4. The van der Waals surface area contributed by atoms with E-state index in [1.807, 2.05) is 0 Å². The minimum absolute atomic E-state index is 0.191. The van der Waals surface area contributed by atoms with Gasteiger partial charge in [-0.3, -0.25) is 0 Å². The molecule has 0 heterocycles. The summed E-state index contributed by atoms with van der Waals surface area (Å²) < 4.78 is 9.51. The normalized spacial score (nSPS) is 9.78. The first kappa shape index (κ1) is 17.9. The average Bonchev–Trinajstić information content (AvgIpc) is 2.50. The van der Waals surface area contributed by atoms with Gasteiger partial charge in [0.05, 0.1) is 16.7 Å². The lowest BCUT2D eigenvalue weighted by molar-refractivity contribution is -0.140. The van der Waals surface area contributed by atoms with E-state index in [1.165, 1.54) is 6.92 Å². The summed E-state index contributed by atoms with van der Waals surface area (Å²) in [5.41, 5.74) is -0.749. The van der Waals surface area contributed by atoms with E-state index in [-0.39, 0.29) is 35.5 Å². The summed E-state index contributed by atoms with van der Waals surface area (Å²) in [6, 6.07) is 2.92. The van der Waals surface area contributed by atoms with Gasteiger partial charge in [-0.15, -0.1) is 0 Å². The predicted molar refractivity (Wildman–Crippen MR) is 76.4 cm³/mol. The zero-order valence-corrected chi connectivity index (χ0v) is 12.2. The Balaban J connectivity index is 2.75. The Hall–Kier alpha value is -3.16. The van der Waals surface area contributed by atoms with Crippen LogP contribution in [0.25, 0.3) is 0 Å². The molecule has 122 valence electrons. The monoisotopic (exact) mass is 322 g/mol. The highest BCUT2D eigenvalue weighted by molar-refractivity contribution is 5.99. The SMILES string of the molecule is C=C(C)C(=O)OCCOC(=O)c1cc(C(=O)O)cc(C(=O)O)c1. The topological polar surface area (TPSA) is 127 Å². The van der Waals surface area contributed by atoms with Crippen LogP contribution in [0, 0.1) is 0 Å². The molecule has 0 amide bonds. The molecule has 0 atom stereocenters. The quantitative estimate of drug-likeness (QED) is 0.437. The number of aromatic carboxylic acids is 2. The van der Waals surface area contributed by atoms with Crippen LogP contribution >= 0.6 is 0 Å². The minimum Gasteiger partial charge on any atom is -0.478 e. The number of hydrogen-bond acceptors (Lipinski definition) is 6. The van der Waals surface area contributed by atoms with E-state index < -0.39 is 23.9 Å². The van der Waals surface area contributed by atoms with Gasteiger partial charge in [0, 0.05) is 5.57 Å². The average molecular weight is 322 g/mol. The molecule has 0 aliphatic carbocycles. The fraction of sp³-hybridized carbons (Fsp3) is 0.200. The molecule has 0 aromatic heterocycles. The van der Waals surface area contributed by atoms with Crippen LogP contribution in [0.1, 0.15) is 38.0 Å². The number of esters is 2. The molecule has 2 N–H and O–H groups in total. The van der Waals surface area contributed by atoms with Gasteiger partial charge < -0.3 is 19.7 Å². The third-order valence-corrected chi connectivity index (χ3v) is 2.56. The summed E-state index contributed by atoms with van der Waals surface area (Å²) >= 11 is 0. The first-order valence-electron chi connectivity index (χ1n) is 6.33. The molecule has 1 rings (SSSR count). The Labute approximate surface area is 130 Å². The first-order valence-corrected chi connectivity index (χ1v) is 6.33. The molecule has 0 radical (unpaired) electrons. The van der Waals surface area contributed by atoms with Gasteiger partial charge in [-0.1, -0.05) is 6.58 Å². The van der Waals surface area contributed by atoms with Crippen molar-refractivity contribution in [1.29, 1.82) is 0 Å². The van der Waals surface area contributed by atoms with Gasteiger partial charge in [-0.25, -0.2) is 19.2 Å². The van der Waals surface area contributed by atoms with Crippen molar-refractivity contribution < 1.29 is 38.9 Å². The maximum atomic E-state index is 11.8. The number of carboxylic acids is 2. The number of rotatable bonds is 7. The highest BCUT2D eigenvalue weighted by Gasteiger charge is 2.16. The highest BCUT2D eigenvalue weighted by atomic mass is 16.6. The van der Waals surface area contributed by atoms with Crippen LogP contribution in [0.3, 0.4) is 0 Å². The zero-order chi connectivity index (χ0) is 17.6. The van der Waals surface area contributed by atoms with Crippen LogP contribution < -0.4 is 0 Å². The molecule has 8 nitrogen and oxygen atoms in total. The molecular formula is C15H14O8. The van der Waals surface area contributed by atoms with E-state index in [9.17, 15) is 19.2 Å². The van der Waals surface area contributed by atoms with E-state index in [1.54, 1.807) is 0 Å². The van der Waals surface area contributed by atoms with Gasteiger partial charge in [0.15, 0.2) is 0 Å². The fourth-order valence-electron chi connectivity index (χ4n) is 1.47. The van der Waals surface area contributed by atoms with Crippen molar-refractivity contribution in [3.63, 3.8) is 0 Å². The molecule has 0 unspecified atom stereocenters. The summed E-state index contributed by atoms with van der Waals surface area (Å²) in [7, 11) is 0. The Morgan fingerprint density at radius 1 is 0.913 bits per heavy atom. The number of carbonyl (C=O) groups excluding carboxylic acids is 2. The van der Waals surface area contributed by atoms with Crippen LogP contribution in [-0.2, 0) is 14.3 Å². The molecule has 8 heteroatoms. The highest BCUT2D eigenvalue weighted by Crippen LogP contribution is 2.12. The first-order chi connectivity index (χ1) is 10.7. The lowest BCUT2D eigenvalue weighted by atomic mass is 10.1. The number of carboxylic acid groups (broad SMARTS) is 2. The molecule has 1 aromatic carbocycles. The van der Waals surface area contributed by atoms with Gasteiger partial charge in [0.25, 0.3) is 0 Å². The molecule has 0 saturated heterocycles. The van der Waals surface area contributed by atoms with Crippen molar-refractivity contribution in [1.82, 2.24) is 0 Å². The minimum atomic E-state index is -1.38. The van der Waals surface area contributed by atoms with Gasteiger partial charge in [0.2, 0.25) is 0 Å². The third-order valence-electron chi connectivity index (χ3n) is 2.56. The molecule has 0 fully saturated rings. The van der Waals surface area contributed by atoms with Gasteiger partial charge in [-0.05, 0) is 25.1 Å². The summed E-state index contributed by atoms with van der Waals surface area (Å²) in [4.78, 5) is 44.8. The third kappa shape index (κ3) is 5.27. The lowest BCUT2D eigenvalue weighted by Gasteiger charge is -2.07. The molecule has 1 aromatic rings. The largest absolute Gasteiger partial charge is 0.478 e. The van der Waals surface area contributed by atoms with Gasteiger partial charge >= 0.3 is 23.9 Å². The van der Waals surface area contributed by atoms with E-state index >= 15 is 0 Å². The second-order valence-electron chi connectivity index (χ2n) is 4.46. The van der Waals surface area contributed by atoms with E-state index in [0.29, 0.717) is 0 Å². The summed E-state index contributed by atoms with van der Waals surface area (Å²) in [5, 5.41) is 17.8. The van der Waals surface area contributed by atoms with Crippen molar-refractivity contribution in [2.45, 2.75) is 6.92 Å². The molecule has 0 aliphatic rings. The Morgan fingerprint density at radius 3 is 1.78 bits per heavy atom. The van der Waals surface area contributed by atoms with Crippen molar-refractivity contribution >= 4 is 23.9 Å². The molecule has 0 saturated carbocycles. The van der Waals surface area contributed by atoms with E-state index in [4.69, 9.17) is 19.7 Å². The van der Waals surface area contributed by atoms with Crippen molar-refractivity contribution in [2.75, 3.05) is 13.2 Å². The Morgan fingerprint density at radius 2 is 1.35 bits per heavy atom. The predicted octanol–water partition coefficient (Wildman–Crippen LogP) is 1.36. The fourth-order valence-corrected chi connectivity index (χ4v) is 1.47. The standard InChI is InChI=1S/C15H14O8/c1-8(2)14(20)22-3-4-23-15(21)11-6-9(12(16)17)5-10(7-11)13(18)19/h5-7H,1,3-4H2,2H3,(H,16,17)(H,18,19). The van der Waals surface area contributed by atoms with Crippen molar-refractivity contribution in [2.24, 2.45) is 0 Å². The zero-order valence-electron chi connectivity index (χ0n) is 12.2. The van der Waals surface area contributed by atoms with Crippen molar-refractivity contribution in [3.8, 4) is 0 Å². The molecule has 0 bridgehead atoms. The smallest absolute Gasteiger partial charge is 0.338 e. The van der Waals surface area contributed by atoms with E-state index in [0.717, 1.165) is 18.2 Å². The van der Waals surface area contributed by atoms with Crippen LogP contribution in [0.2, 0.25) is 0 Å². The van der Waals surface area contributed by atoms with Gasteiger partial charge in [-0.2, -0.15) is 0 Å². The molecule has 23 heavy (non-hydrogen) atoms. The van der Waals surface area contributed by atoms with Crippen LogP contribution in [-0.4, -0.2) is 47.3 Å². The summed E-state index contributed by atoms with van der Waals surface area (Å²) in [5.74, 6) is -4.32. The maximum Gasteiger partial charge on any atom is 0.338 e. The second-order valence-corrected chi connectivity index (χ2v) is 4.46. The summed E-state index contributed by atoms with van der Waals surface area (Å²) in [6.07, 6.45) is 0. The molecular weight excluding hydrogens is 308 g/mol. The maximum absolute atomic E-state index is 11.8. The van der Waals surface area contributed by atoms with E-state index in [2.05, 4.69) is 6.58 Å². The number of hydrogen-bond donors (Lipinski definition) is 2. The van der Waals surface area contributed by atoms with Gasteiger partial charge in [0.1, 0.15) is 13.2 Å². The Kier molecular flexibility index (Phi) is 6.02. The number of ether oxygens (including phenoxy) is 2. The van der Waals surface area contributed by atoms with Crippen LogP contribution in [0.5, 0.6) is 0 Å². The number of benzene rings is 1. The molecule has 0 spiro atoms. The molecule has 0 aliphatic heterocycles.